The van der Waals surface area contributed by atoms with Gasteiger partial charge in [-0.05, 0) is 58.0 Å². The first-order valence-electron chi connectivity index (χ1n) is 11.0. The summed E-state index contributed by atoms with van der Waals surface area (Å²) in [5.41, 5.74) is 1.66. The van der Waals surface area contributed by atoms with Crippen LogP contribution in [0.15, 0.2) is 29.3 Å². The van der Waals surface area contributed by atoms with Gasteiger partial charge in [-0.25, -0.2) is 4.99 Å². The number of nitrogens with zero attached hydrogens (tertiary/aromatic N) is 2. The van der Waals surface area contributed by atoms with Gasteiger partial charge < -0.3 is 25.6 Å². The van der Waals surface area contributed by atoms with E-state index < -0.39 is 0 Å². The number of aliphatic imine (C=N–C) groups is 1. The SMILES string of the molecule is CCNC(=NCc1cccc(C(=O)NCCN(C)C)c1)NCCC(OCC)C(C)C.I. The van der Waals surface area contributed by atoms with Gasteiger partial charge in [0.15, 0.2) is 5.96 Å². The second-order valence-corrected chi connectivity index (χ2v) is 7.91. The van der Waals surface area contributed by atoms with Crippen molar-refractivity contribution >= 4 is 35.8 Å². The lowest BCUT2D eigenvalue weighted by atomic mass is 10.0. The maximum atomic E-state index is 12.3. The van der Waals surface area contributed by atoms with E-state index in [4.69, 9.17) is 4.74 Å². The molecule has 8 heteroatoms. The minimum Gasteiger partial charge on any atom is -0.378 e. The lowest BCUT2D eigenvalue weighted by Crippen LogP contribution is -2.39. The lowest BCUT2D eigenvalue weighted by molar-refractivity contribution is 0.0258. The smallest absolute Gasteiger partial charge is 0.251 e. The monoisotopic (exact) mass is 547 g/mol. The number of likely N-dealkylation sites (N-methyl/N-ethyl adjacent to an activating group) is 1. The average Bonchev–Trinajstić information content (AvgIpc) is 2.71. The molecule has 1 aromatic rings. The van der Waals surface area contributed by atoms with E-state index in [0.717, 1.165) is 44.2 Å². The predicted octanol–water partition coefficient (Wildman–Crippen LogP) is 3.10. The quantitative estimate of drug-likeness (QED) is 0.201. The first-order valence-corrected chi connectivity index (χ1v) is 11.0. The minimum absolute atomic E-state index is 0. The summed E-state index contributed by atoms with van der Waals surface area (Å²) < 4.78 is 5.81. The molecule has 0 aromatic heterocycles. The topological polar surface area (TPSA) is 78.0 Å². The van der Waals surface area contributed by atoms with Crippen LogP contribution in [0, 0.1) is 5.92 Å². The normalized spacial score (nSPS) is 12.5. The van der Waals surface area contributed by atoms with Gasteiger partial charge in [0.1, 0.15) is 0 Å². The Morgan fingerprint density at radius 2 is 1.87 bits per heavy atom. The molecule has 0 spiro atoms. The van der Waals surface area contributed by atoms with Crippen LogP contribution in [0.1, 0.15) is 50.0 Å². The van der Waals surface area contributed by atoms with Crippen molar-refractivity contribution in [1.82, 2.24) is 20.9 Å². The molecule has 1 unspecified atom stereocenters. The first-order chi connectivity index (χ1) is 14.4. The van der Waals surface area contributed by atoms with E-state index in [1.165, 1.54) is 0 Å². The third-order valence-electron chi connectivity index (χ3n) is 4.64. The standard InChI is InChI=1S/C23H41N5O2.HI/c1-7-24-23(26-13-12-21(18(3)4)30-8-2)27-17-19-10-9-11-20(16-19)22(29)25-14-15-28(5)6;/h9-11,16,18,21H,7-8,12-15,17H2,1-6H3,(H,25,29)(H2,24,26,27);1H. The third-order valence-corrected chi connectivity index (χ3v) is 4.64. The zero-order valence-corrected chi connectivity index (χ0v) is 22.4. The summed E-state index contributed by atoms with van der Waals surface area (Å²) in [4.78, 5) is 19.0. The summed E-state index contributed by atoms with van der Waals surface area (Å²) in [5, 5.41) is 9.61. The van der Waals surface area contributed by atoms with E-state index in [2.05, 4.69) is 34.8 Å². The summed E-state index contributed by atoms with van der Waals surface area (Å²) in [6.07, 6.45) is 1.17. The van der Waals surface area contributed by atoms with E-state index in [1.807, 2.05) is 57.1 Å². The van der Waals surface area contributed by atoms with Crippen LogP contribution >= 0.6 is 24.0 Å². The molecule has 1 amide bonds. The van der Waals surface area contributed by atoms with Crippen LogP contribution in [0.2, 0.25) is 0 Å². The van der Waals surface area contributed by atoms with E-state index in [9.17, 15) is 4.79 Å². The Kier molecular flexibility index (Phi) is 16.4. The van der Waals surface area contributed by atoms with Gasteiger partial charge in [-0.15, -0.1) is 24.0 Å². The number of benzene rings is 1. The van der Waals surface area contributed by atoms with Gasteiger partial charge in [-0.3, -0.25) is 4.79 Å². The molecule has 3 N–H and O–H groups in total. The van der Waals surface area contributed by atoms with Crippen LogP contribution < -0.4 is 16.0 Å². The fraction of sp³-hybridized carbons (Fsp3) is 0.652. The van der Waals surface area contributed by atoms with Gasteiger partial charge in [0, 0.05) is 38.3 Å². The zero-order chi connectivity index (χ0) is 22.4. The highest BCUT2D eigenvalue weighted by molar-refractivity contribution is 14.0. The highest BCUT2D eigenvalue weighted by Crippen LogP contribution is 2.10. The molecular weight excluding hydrogens is 505 g/mol. The maximum absolute atomic E-state index is 12.3. The Morgan fingerprint density at radius 3 is 2.48 bits per heavy atom. The van der Waals surface area contributed by atoms with Crippen molar-refractivity contribution in [2.24, 2.45) is 10.9 Å². The van der Waals surface area contributed by atoms with Crippen LogP contribution in [-0.2, 0) is 11.3 Å². The van der Waals surface area contributed by atoms with Gasteiger partial charge in [0.05, 0.1) is 12.6 Å². The van der Waals surface area contributed by atoms with Crippen LogP contribution in [-0.4, -0.2) is 69.8 Å². The van der Waals surface area contributed by atoms with Crippen molar-refractivity contribution in [1.29, 1.82) is 0 Å². The van der Waals surface area contributed by atoms with E-state index >= 15 is 0 Å². The molecule has 0 radical (unpaired) electrons. The van der Waals surface area contributed by atoms with E-state index in [-0.39, 0.29) is 36.0 Å². The maximum Gasteiger partial charge on any atom is 0.251 e. The summed E-state index contributed by atoms with van der Waals surface area (Å²) in [6, 6.07) is 7.64. The van der Waals surface area contributed by atoms with Gasteiger partial charge in [-0.2, -0.15) is 0 Å². The second-order valence-electron chi connectivity index (χ2n) is 7.91. The highest BCUT2D eigenvalue weighted by Gasteiger charge is 2.13. The Balaban J connectivity index is 0.00000900. The van der Waals surface area contributed by atoms with Crippen LogP contribution in [0.5, 0.6) is 0 Å². The van der Waals surface area contributed by atoms with Gasteiger partial charge in [0.2, 0.25) is 0 Å². The van der Waals surface area contributed by atoms with Crippen molar-refractivity contribution < 1.29 is 9.53 Å². The molecule has 0 saturated heterocycles. The Morgan fingerprint density at radius 1 is 1.13 bits per heavy atom. The molecule has 178 valence electrons. The average molecular weight is 548 g/mol. The number of carbonyl (C=O) groups excluding carboxylic acids is 1. The number of hydrogen-bond donors (Lipinski definition) is 3. The van der Waals surface area contributed by atoms with Gasteiger partial charge in [0.25, 0.3) is 5.91 Å². The molecule has 0 bridgehead atoms. The number of guanidine groups is 1. The summed E-state index contributed by atoms with van der Waals surface area (Å²) >= 11 is 0. The van der Waals surface area contributed by atoms with Gasteiger partial charge >= 0.3 is 0 Å². The second kappa shape index (κ2) is 17.2. The number of halogens is 1. The molecule has 0 aliphatic rings. The van der Waals surface area contributed by atoms with E-state index in [0.29, 0.717) is 24.6 Å². The Hall–Kier alpha value is -1.39. The summed E-state index contributed by atoms with van der Waals surface area (Å²) in [5.74, 6) is 1.21. The van der Waals surface area contributed by atoms with Crippen molar-refractivity contribution in [2.75, 3.05) is 46.9 Å². The van der Waals surface area contributed by atoms with Crippen molar-refractivity contribution in [3.63, 3.8) is 0 Å². The largest absolute Gasteiger partial charge is 0.378 e. The number of ether oxygens (including phenoxy) is 1. The molecule has 1 aromatic carbocycles. The minimum atomic E-state index is -0.0524. The molecule has 1 atom stereocenters. The number of amides is 1. The first kappa shape index (κ1) is 29.6. The molecule has 0 saturated carbocycles. The fourth-order valence-corrected chi connectivity index (χ4v) is 2.97. The lowest BCUT2D eigenvalue weighted by Gasteiger charge is -2.21. The number of carbonyl (C=O) groups is 1. The molecular formula is C23H42IN5O2. The van der Waals surface area contributed by atoms with Crippen molar-refractivity contribution in [3.8, 4) is 0 Å². The number of hydrogen-bond acceptors (Lipinski definition) is 4. The molecule has 0 aliphatic carbocycles. The van der Waals surface area contributed by atoms with Crippen molar-refractivity contribution in [3.05, 3.63) is 35.4 Å². The predicted molar refractivity (Wildman–Crippen MR) is 140 cm³/mol. The Labute approximate surface area is 205 Å². The molecule has 0 fully saturated rings. The number of rotatable bonds is 13. The Bertz CT molecular complexity index is 653. The number of nitrogens with one attached hydrogen (secondary N) is 3. The highest BCUT2D eigenvalue weighted by atomic mass is 127. The molecule has 0 heterocycles. The zero-order valence-electron chi connectivity index (χ0n) is 20.0. The molecule has 31 heavy (non-hydrogen) atoms. The van der Waals surface area contributed by atoms with Crippen molar-refractivity contribution in [2.45, 2.75) is 46.8 Å². The summed E-state index contributed by atoms with van der Waals surface area (Å²) in [7, 11) is 3.97. The summed E-state index contributed by atoms with van der Waals surface area (Å²) in [6.45, 7) is 12.7. The van der Waals surface area contributed by atoms with Crippen LogP contribution in [0.4, 0.5) is 0 Å². The molecule has 0 aliphatic heterocycles. The van der Waals surface area contributed by atoms with Crippen LogP contribution in [0.3, 0.4) is 0 Å². The van der Waals surface area contributed by atoms with Crippen LogP contribution in [0.25, 0.3) is 0 Å². The fourth-order valence-electron chi connectivity index (χ4n) is 2.97. The van der Waals surface area contributed by atoms with E-state index in [1.54, 1.807) is 0 Å². The third kappa shape index (κ3) is 12.9. The van der Waals surface area contributed by atoms with Gasteiger partial charge in [-0.1, -0.05) is 26.0 Å². The molecule has 7 nitrogen and oxygen atoms in total. The molecule has 1 rings (SSSR count).